The van der Waals surface area contributed by atoms with Crippen molar-refractivity contribution in [3.8, 4) is 0 Å². The zero-order chi connectivity index (χ0) is 14.6. The fraction of sp³-hybridized carbons (Fsp3) is 0.211. The Morgan fingerprint density at radius 3 is 2.05 bits per heavy atom. The molecule has 0 atom stereocenters. The van der Waals surface area contributed by atoms with Gasteiger partial charge in [0.15, 0.2) is 5.78 Å². The van der Waals surface area contributed by atoms with Gasteiger partial charge in [-0.1, -0.05) is 81.4 Å². The molecule has 0 aliphatic rings. The zero-order valence-corrected chi connectivity index (χ0v) is 12.3. The van der Waals surface area contributed by atoms with Crippen LogP contribution in [-0.4, -0.2) is 5.78 Å². The zero-order valence-electron chi connectivity index (χ0n) is 12.3. The van der Waals surface area contributed by atoms with Crippen LogP contribution >= 0.6 is 0 Å². The lowest BCUT2D eigenvalue weighted by atomic mass is 9.87. The summed E-state index contributed by atoms with van der Waals surface area (Å²) in [5.74, 6) is 0.0329. The summed E-state index contributed by atoms with van der Waals surface area (Å²) in [6.07, 6.45) is 3.49. The van der Waals surface area contributed by atoms with Gasteiger partial charge >= 0.3 is 0 Å². The predicted molar refractivity (Wildman–Crippen MR) is 84.9 cm³/mol. The van der Waals surface area contributed by atoms with Crippen LogP contribution in [0, 0.1) is 0 Å². The van der Waals surface area contributed by atoms with Crippen LogP contribution in [0.4, 0.5) is 0 Å². The minimum Gasteiger partial charge on any atom is -0.289 e. The van der Waals surface area contributed by atoms with Crippen molar-refractivity contribution in [3.63, 3.8) is 0 Å². The Morgan fingerprint density at radius 1 is 0.900 bits per heavy atom. The van der Waals surface area contributed by atoms with E-state index in [4.69, 9.17) is 0 Å². The SMILES string of the molecule is CC(C)(C)c1ccc(/C=C\C(=O)c2ccccc2)cc1. The van der Waals surface area contributed by atoms with Gasteiger partial charge in [0, 0.05) is 5.56 Å². The van der Waals surface area contributed by atoms with Gasteiger partial charge in [0.2, 0.25) is 0 Å². The predicted octanol–water partition coefficient (Wildman–Crippen LogP) is 4.88. The normalized spacial score (nSPS) is 11.8. The smallest absolute Gasteiger partial charge is 0.185 e. The van der Waals surface area contributed by atoms with Crippen molar-refractivity contribution >= 4 is 11.9 Å². The molecule has 0 spiro atoms. The van der Waals surface area contributed by atoms with E-state index >= 15 is 0 Å². The number of rotatable bonds is 3. The third-order valence-electron chi connectivity index (χ3n) is 3.26. The van der Waals surface area contributed by atoms with Crippen LogP contribution in [0.25, 0.3) is 6.08 Å². The van der Waals surface area contributed by atoms with Crippen LogP contribution in [0.1, 0.15) is 42.3 Å². The molecule has 0 amide bonds. The first-order chi connectivity index (χ1) is 9.47. The lowest BCUT2D eigenvalue weighted by molar-refractivity contribution is 0.104. The van der Waals surface area contributed by atoms with E-state index in [0.29, 0.717) is 0 Å². The van der Waals surface area contributed by atoms with Crippen molar-refractivity contribution < 1.29 is 4.79 Å². The number of ketones is 1. The lowest BCUT2D eigenvalue weighted by Gasteiger charge is -2.18. The first-order valence-electron chi connectivity index (χ1n) is 6.85. The number of hydrogen-bond acceptors (Lipinski definition) is 1. The highest BCUT2D eigenvalue weighted by molar-refractivity contribution is 6.06. The number of carbonyl (C=O) groups is 1. The summed E-state index contributed by atoms with van der Waals surface area (Å²) in [4.78, 5) is 12.0. The monoisotopic (exact) mass is 264 g/mol. The number of hydrogen-bond donors (Lipinski definition) is 0. The van der Waals surface area contributed by atoms with E-state index in [1.807, 2.05) is 36.4 Å². The van der Waals surface area contributed by atoms with Crippen molar-refractivity contribution in [2.45, 2.75) is 26.2 Å². The Morgan fingerprint density at radius 2 is 1.50 bits per heavy atom. The fourth-order valence-corrected chi connectivity index (χ4v) is 1.96. The third-order valence-corrected chi connectivity index (χ3v) is 3.26. The second kappa shape index (κ2) is 5.87. The van der Waals surface area contributed by atoms with Gasteiger partial charge in [0.25, 0.3) is 0 Å². The molecule has 0 bridgehead atoms. The summed E-state index contributed by atoms with van der Waals surface area (Å²) in [7, 11) is 0. The second-order valence-corrected chi connectivity index (χ2v) is 5.94. The standard InChI is InChI=1S/C19H20O/c1-19(2,3)17-12-9-15(10-13-17)11-14-18(20)16-7-5-4-6-8-16/h4-14H,1-3H3/b14-11-. The summed E-state index contributed by atoms with van der Waals surface area (Å²) in [5, 5.41) is 0. The van der Waals surface area contributed by atoms with Crippen LogP contribution in [-0.2, 0) is 5.41 Å². The molecule has 0 aliphatic heterocycles. The highest BCUT2D eigenvalue weighted by Gasteiger charge is 2.12. The Kier molecular flexibility index (Phi) is 4.19. The number of carbonyl (C=O) groups excluding carboxylic acids is 1. The molecule has 2 aromatic carbocycles. The van der Waals surface area contributed by atoms with E-state index in [1.54, 1.807) is 6.08 Å². The van der Waals surface area contributed by atoms with Crippen molar-refractivity contribution in [2.24, 2.45) is 0 Å². The van der Waals surface area contributed by atoms with E-state index in [2.05, 4.69) is 45.0 Å². The first kappa shape index (κ1) is 14.3. The number of benzene rings is 2. The van der Waals surface area contributed by atoms with Gasteiger partial charge in [-0.15, -0.1) is 0 Å². The lowest BCUT2D eigenvalue weighted by Crippen LogP contribution is -2.10. The summed E-state index contributed by atoms with van der Waals surface area (Å²) in [5.41, 5.74) is 3.21. The van der Waals surface area contributed by atoms with Gasteiger partial charge in [-0.05, 0) is 22.6 Å². The fourth-order valence-electron chi connectivity index (χ4n) is 1.96. The van der Waals surface area contributed by atoms with Crippen molar-refractivity contribution in [3.05, 3.63) is 77.4 Å². The topological polar surface area (TPSA) is 17.1 Å². The van der Waals surface area contributed by atoms with Gasteiger partial charge in [-0.2, -0.15) is 0 Å². The molecule has 0 fully saturated rings. The Bertz CT molecular complexity index is 598. The Balaban J connectivity index is 2.11. The van der Waals surface area contributed by atoms with E-state index in [1.165, 1.54) is 5.56 Å². The van der Waals surface area contributed by atoms with Gasteiger partial charge in [-0.3, -0.25) is 4.79 Å². The van der Waals surface area contributed by atoms with Gasteiger partial charge in [0.1, 0.15) is 0 Å². The van der Waals surface area contributed by atoms with Crippen molar-refractivity contribution in [1.29, 1.82) is 0 Å². The Labute approximate surface area is 121 Å². The molecule has 0 heterocycles. The van der Waals surface area contributed by atoms with E-state index in [9.17, 15) is 4.79 Å². The summed E-state index contributed by atoms with van der Waals surface area (Å²) in [6.45, 7) is 6.57. The molecule has 1 heteroatoms. The molecule has 0 N–H and O–H groups in total. The van der Waals surface area contributed by atoms with E-state index in [-0.39, 0.29) is 11.2 Å². The van der Waals surface area contributed by atoms with Gasteiger partial charge in [0.05, 0.1) is 0 Å². The Hall–Kier alpha value is -2.15. The largest absolute Gasteiger partial charge is 0.289 e. The second-order valence-electron chi connectivity index (χ2n) is 5.94. The molecule has 20 heavy (non-hydrogen) atoms. The van der Waals surface area contributed by atoms with Crippen LogP contribution in [0.2, 0.25) is 0 Å². The molecular formula is C19H20O. The first-order valence-corrected chi connectivity index (χ1v) is 6.85. The molecule has 2 rings (SSSR count). The molecule has 0 saturated carbocycles. The number of allylic oxidation sites excluding steroid dienone is 1. The van der Waals surface area contributed by atoms with Gasteiger partial charge in [-0.25, -0.2) is 0 Å². The van der Waals surface area contributed by atoms with Crippen molar-refractivity contribution in [1.82, 2.24) is 0 Å². The average molecular weight is 264 g/mol. The minimum atomic E-state index is 0.0329. The quantitative estimate of drug-likeness (QED) is 0.570. The molecule has 1 nitrogen and oxygen atoms in total. The minimum absolute atomic E-state index is 0.0329. The summed E-state index contributed by atoms with van der Waals surface area (Å²) >= 11 is 0. The van der Waals surface area contributed by atoms with Crippen molar-refractivity contribution in [2.75, 3.05) is 0 Å². The summed E-state index contributed by atoms with van der Waals surface area (Å²) in [6, 6.07) is 17.7. The van der Waals surface area contributed by atoms with Crippen LogP contribution in [0.5, 0.6) is 0 Å². The average Bonchev–Trinajstić information content (AvgIpc) is 2.45. The molecule has 0 radical (unpaired) electrons. The van der Waals surface area contributed by atoms with E-state index in [0.717, 1.165) is 11.1 Å². The van der Waals surface area contributed by atoms with E-state index < -0.39 is 0 Å². The molecule has 0 unspecified atom stereocenters. The molecule has 0 aliphatic carbocycles. The third kappa shape index (κ3) is 3.67. The maximum atomic E-state index is 12.0. The molecule has 0 aromatic heterocycles. The maximum Gasteiger partial charge on any atom is 0.185 e. The highest BCUT2D eigenvalue weighted by Crippen LogP contribution is 2.22. The molecule has 102 valence electrons. The molecular weight excluding hydrogens is 244 g/mol. The highest BCUT2D eigenvalue weighted by atomic mass is 16.1. The maximum absolute atomic E-state index is 12.0. The van der Waals surface area contributed by atoms with Gasteiger partial charge < -0.3 is 0 Å². The molecule has 0 saturated heterocycles. The van der Waals surface area contributed by atoms with Crippen LogP contribution in [0.3, 0.4) is 0 Å². The van der Waals surface area contributed by atoms with Crippen LogP contribution < -0.4 is 0 Å². The summed E-state index contributed by atoms with van der Waals surface area (Å²) < 4.78 is 0. The van der Waals surface area contributed by atoms with Crippen LogP contribution in [0.15, 0.2) is 60.7 Å². The molecule has 2 aromatic rings.